The first-order valence-corrected chi connectivity index (χ1v) is 6.79. The van der Waals surface area contributed by atoms with Crippen LogP contribution in [0.4, 0.5) is 0 Å². The summed E-state index contributed by atoms with van der Waals surface area (Å²) < 4.78 is 0. The van der Waals surface area contributed by atoms with E-state index in [2.05, 4.69) is 28.7 Å². The third-order valence-corrected chi connectivity index (χ3v) is 4.23. The zero-order valence-corrected chi connectivity index (χ0v) is 11.6. The molecule has 0 amide bonds. The molecule has 1 N–H and O–H groups in total. The van der Waals surface area contributed by atoms with Gasteiger partial charge in [-0.2, -0.15) is 0 Å². The van der Waals surface area contributed by atoms with Gasteiger partial charge in [0.25, 0.3) is 0 Å². The number of hydrogen-bond acceptors (Lipinski definition) is 4. The van der Waals surface area contributed by atoms with Crippen LogP contribution in [0.5, 0.6) is 0 Å². The first-order chi connectivity index (χ1) is 9.02. The lowest BCUT2D eigenvalue weighted by atomic mass is 9.78. The van der Waals surface area contributed by atoms with Crippen LogP contribution in [0, 0.1) is 5.41 Å². The standard InChI is InChI=1S/C14H21N3O2/c1-3-14(2)4-6-17(7-5-14)10-11-8-16-12(9-15-11)13(18)19/h8-9H,3-7,10H2,1-2H3,(H,18,19). The number of likely N-dealkylation sites (tertiary alicyclic amines) is 1. The lowest BCUT2D eigenvalue weighted by molar-refractivity contribution is 0.0689. The van der Waals surface area contributed by atoms with E-state index in [0.29, 0.717) is 5.41 Å². The van der Waals surface area contributed by atoms with Gasteiger partial charge in [-0.25, -0.2) is 9.78 Å². The molecule has 0 saturated carbocycles. The molecule has 1 saturated heterocycles. The maximum absolute atomic E-state index is 10.7. The van der Waals surface area contributed by atoms with E-state index < -0.39 is 5.97 Å². The molecule has 0 aromatic carbocycles. The van der Waals surface area contributed by atoms with E-state index in [0.717, 1.165) is 25.3 Å². The molecule has 104 valence electrons. The second kappa shape index (κ2) is 5.65. The topological polar surface area (TPSA) is 66.3 Å². The van der Waals surface area contributed by atoms with Crippen molar-refractivity contribution in [2.45, 2.75) is 39.7 Å². The van der Waals surface area contributed by atoms with Gasteiger partial charge in [-0.3, -0.25) is 9.88 Å². The molecule has 2 heterocycles. The zero-order valence-electron chi connectivity index (χ0n) is 11.6. The average Bonchev–Trinajstić information content (AvgIpc) is 2.42. The Morgan fingerprint density at radius 3 is 2.53 bits per heavy atom. The van der Waals surface area contributed by atoms with Crippen LogP contribution in [0.1, 0.15) is 49.3 Å². The largest absolute Gasteiger partial charge is 0.476 e. The second-order valence-corrected chi connectivity index (χ2v) is 5.64. The summed E-state index contributed by atoms with van der Waals surface area (Å²) in [6.45, 7) is 7.52. The highest BCUT2D eigenvalue weighted by Gasteiger charge is 2.28. The summed E-state index contributed by atoms with van der Waals surface area (Å²) in [5.41, 5.74) is 1.32. The maximum Gasteiger partial charge on any atom is 0.356 e. The van der Waals surface area contributed by atoms with Gasteiger partial charge in [0, 0.05) is 6.54 Å². The Bertz CT molecular complexity index is 437. The minimum absolute atomic E-state index is 0.000882. The van der Waals surface area contributed by atoms with Crippen LogP contribution in [0.2, 0.25) is 0 Å². The normalized spacial score (nSPS) is 19.3. The molecule has 0 unspecified atom stereocenters. The molecule has 0 spiro atoms. The molecule has 0 atom stereocenters. The Labute approximate surface area is 113 Å². The van der Waals surface area contributed by atoms with E-state index >= 15 is 0 Å². The molecule has 5 nitrogen and oxygen atoms in total. The number of carbonyl (C=O) groups is 1. The Hall–Kier alpha value is -1.49. The van der Waals surface area contributed by atoms with Crippen molar-refractivity contribution in [1.29, 1.82) is 0 Å². The highest BCUT2D eigenvalue weighted by atomic mass is 16.4. The molecule has 2 rings (SSSR count). The molecule has 1 fully saturated rings. The fraction of sp³-hybridized carbons (Fsp3) is 0.643. The third-order valence-electron chi connectivity index (χ3n) is 4.23. The number of piperidine rings is 1. The second-order valence-electron chi connectivity index (χ2n) is 5.64. The highest BCUT2D eigenvalue weighted by Crippen LogP contribution is 2.34. The highest BCUT2D eigenvalue weighted by molar-refractivity contribution is 5.84. The number of aromatic carboxylic acids is 1. The lowest BCUT2D eigenvalue weighted by Gasteiger charge is -2.38. The summed E-state index contributed by atoms with van der Waals surface area (Å²) in [5, 5.41) is 8.77. The molecule has 0 aliphatic carbocycles. The minimum atomic E-state index is -1.03. The molecule has 19 heavy (non-hydrogen) atoms. The average molecular weight is 263 g/mol. The van der Waals surface area contributed by atoms with Gasteiger partial charge in [0.2, 0.25) is 0 Å². The van der Waals surface area contributed by atoms with Gasteiger partial charge < -0.3 is 5.11 Å². The first kappa shape index (κ1) is 13.9. The fourth-order valence-electron chi connectivity index (χ4n) is 2.38. The van der Waals surface area contributed by atoms with E-state index in [4.69, 9.17) is 5.11 Å². The smallest absolute Gasteiger partial charge is 0.356 e. The molecular formula is C14H21N3O2. The Morgan fingerprint density at radius 1 is 1.37 bits per heavy atom. The fourth-order valence-corrected chi connectivity index (χ4v) is 2.38. The first-order valence-electron chi connectivity index (χ1n) is 6.79. The summed E-state index contributed by atoms with van der Waals surface area (Å²) in [5.74, 6) is -1.03. The Balaban J connectivity index is 1.90. The number of hydrogen-bond donors (Lipinski definition) is 1. The number of carboxylic acids is 1. The molecule has 1 aromatic heterocycles. The molecule has 0 bridgehead atoms. The van der Waals surface area contributed by atoms with Crippen molar-refractivity contribution in [3.63, 3.8) is 0 Å². The van der Waals surface area contributed by atoms with Crippen LogP contribution in [-0.4, -0.2) is 39.0 Å². The summed E-state index contributed by atoms with van der Waals surface area (Å²) in [6, 6.07) is 0. The summed E-state index contributed by atoms with van der Waals surface area (Å²) in [4.78, 5) is 21.1. The van der Waals surface area contributed by atoms with Crippen molar-refractivity contribution in [1.82, 2.24) is 14.9 Å². The monoisotopic (exact) mass is 263 g/mol. The van der Waals surface area contributed by atoms with Gasteiger partial charge >= 0.3 is 5.97 Å². The SMILES string of the molecule is CCC1(C)CCN(Cc2cnc(C(=O)O)cn2)CC1. The number of aromatic nitrogens is 2. The molecule has 1 aromatic rings. The van der Waals surface area contributed by atoms with Gasteiger partial charge in [-0.05, 0) is 31.3 Å². The molecule has 0 radical (unpaired) electrons. The predicted octanol–water partition coefficient (Wildman–Crippen LogP) is 2.19. The van der Waals surface area contributed by atoms with Gasteiger partial charge in [-0.1, -0.05) is 20.3 Å². The van der Waals surface area contributed by atoms with Crippen LogP contribution in [-0.2, 0) is 6.54 Å². The zero-order chi connectivity index (χ0) is 13.9. The van der Waals surface area contributed by atoms with Crippen molar-refractivity contribution >= 4 is 5.97 Å². The third kappa shape index (κ3) is 3.50. The number of carboxylic acid groups (broad SMARTS) is 1. The Morgan fingerprint density at radius 2 is 2.05 bits per heavy atom. The van der Waals surface area contributed by atoms with E-state index in [9.17, 15) is 4.79 Å². The number of rotatable bonds is 4. The molecule has 1 aliphatic heterocycles. The van der Waals surface area contributed by atoms with Gasteiger partial charge in [-0.15, -0.1) is 0 Å². The van der Waals surface area contributed by atoms with Crippen molar-refractivity contribution in [3.8, 4) is 0 Å². The molecular weight excluding hydrogens is 242 g/mol. The van der Waals surface area contributed by atoms with Crippen LogP contribution in [0.3, 0.4) is 0 Å². The predicted molar refractivity (Wildman–Crippen MR) is 71.9 cm³/mol. The van der Waals surface area contributed by atoms with Crippen molar-refractivity contribution < 1.29 is 9.90 Å². The summed E-state index contributed by atoms with van der Waals surface area (Å²) in [6.07, 6.45) is 6.55. The van der Waals surface area contributed by atoms with E-state index in [1.165, 1.54) is 25.5 Å². The van der Waals surface area contributed by atoms with Crippen LogP contribution in [0.25, 0.3) is 0 Å². The maximum atomic E-state index is 10.7. The van der Waals surface area contributed by atoms with Gasteiger partial charge in [0.15, 0.2) is 5.69 Å². The summed E-state index contributed by atoms with van der Waals surface area (Å²) >= 11 is 0. The van der Waals surface area contributed by atoms with E-state index in [1.807, 2.05) is 0 Å². The minimum Gasteiger partial charge on any atom is -0.476 e. The van der Waals surface area contributed by atoms with Crippen molar-refractivity contribution in [2.75, 3.05) is 13.1 Å². The van der Waals surface area contributed by atoms with E-state index in [1.54, 1.807) is 6.20 Å². The van der Waals surface area contributed by atoms with Crippen LogP contribution in [0.15, 0.2) is 12.4 Å². The van der Waals surface area contributed by atoms with Gasteiger partial charge in [0.1, 0.15) is 0 Å². The number of nitrogens with zero attached hydrogens (tertiary/aromatic N) is 3. The van der Waals surface area contributed by atoms with Crippen molar-refractivity contribution in [2.24, 2.45) is 5.41 Å². The van der Waals surface area contributed by atoms with Crippen molar-refractivity contribution in [3.05, 3.63) is 23.8 Å². The lowest BCUT2D eigenvalue weighted by Crippen LogP contribution is -2.38. The quantitative estimate of drug-likeness (QED) is 0.902. The molecule has 1 aliphatic rings. The van der Waals surface area contributed by atoms with E-state index in [-0.39, 0.29) is 5.69 Å². The molecule has 5 heteroatoms. The summed E-state index contributed by atoms with van der Waals surface area (Å²) in [7, 11) is 0. The van der Waals surface area contributed by atoms with Gasteiger partial charge in [0.05, 0.1) is 18.1 Å². The Kier molecular flexibility index (Phi) is 4.14. The van der Waals surface area contributed by atoms with Crippen LogP contribution >= 0.6 is 0 Å². The van der Waals surface area contributed by atoms with Crippen LogP contribution < -0.4 is 0 Å².